The van der Waals surface area contributed by atoms with Gasteiger partial charge in [0.05, 0.1) is 5.76 Å². The first-order valence-electron chi connectivity index (χ1n) is 6.46. The highest BCUT2D eigenvalue weighted by atomic mass is 19.4. The molecule has 0 saturated heterocycles. The van der Waals surface area contributed by atoms with Gasteiger partial charge in [0, 0.05) is 11.8 Å². The number of ketones is 1. The van der Waals surface area contributed by atoms with Gasteiger partial charge in [-0.3, -0.25) is 4.79 Å². The number of hydrogen-bond acceptors (Lipinski definition) is 2. The highest BCUT2D eigenvalue weighted by Gasteiger charge is 2.59. The van der Waals surface area contributed by atoms with Crippen LogP contribution in [0.25, 0.3) is 0 Å². The van der Waals surface area contributed by atoms with E-state index in [9.17, 15) is 31.1 Å². The van der Waals surface area contributed by atoms with E-state index >= 15 is 0 Å². The molecule has 0 aromatic heterocycles. The first-order valence-corrected chi connectivity index (χ1v) is 6.46. The van der Waals surface area contributed by atoms with Gasteiger partial charge < -0.3 is 4.74 Å². The molecule has 0 aromatic carbocycles. The van der Waals surface area contributed by atoms with E-state index in [-0.39, 0.29) is 18.0 Å². The number of allylic oxidation sites excluding steroid dienone is 6. The number of hydrogen-bond donors (Lipinski definition) is 0. The molecular weight excluding hydrogens is 314 g/mol. The Morgan fingerprint density at radius 3 is 2.09 bits per heavy atom. The summed E-state index contributed by atoms with van der Waals surface area (Å²) in [7, 11) is 0. The first kappa shape index (κ1) is 16.6. The van der Waals surface area contributed by atoms with Crippen LogP contribution in [0.5, 0.6) is 0 Å². The van der Waals surface area contributed by atoms with Crippen LogP contribution in [0, 0.1) is 5.41 Å². The van der Waals surface area contributed by atoms with Crippen LogP contribution in [0.3, 0.4) is 0 Å². The molecule has 2 aliphatic rings. The number of halogens is 6. The van der Waals surface area contributed by atoms with E-state index in [1.807, 2.05) is 0 Å². The first-order chi connectivity index (χ1) is 10.0. The van der Waals surface area contributed by atoms with Crippen molar-refractivity contribution >= 4 is 5.78 Å². The van der Waals surface area contributed by atoms with E-state index in [1.165, 1.54) is 30.4 Å². The number of ether oxygens (including phenoxy) is 1. The second-order valence-corrected chi connectivity index (χ2v) is 5.23. The molecule has 0 aliphatic heterocycles. The van der Waals surface area contributed by atoms with Gasteiger partial charge in [0.1, 0.15) is 0 Å². The zero-order chi connectivity index (χ0) is 16.6. The van der Waals surface area contributed by atoms with E-state index in [1.54, 1.807) is 0 Å². The zero-order valence-corrected chi connectivity index (χ0v) is 11.2. The summed E-state index contributed by atoms with van der Waals surface area (Å²) in [4.78, 5) is 11.1. The molecular formula is C14H12F6O2. The van der Waals surface area contributed by atoms with Crippen LogP contribution < -0.4 is 0 Å². The molecule has 0 fully saturated rings. The van der Waals surface area contributed by atoms with Crippen molar-refractivity contribution in [1.29, 1.82) is 0 Å². The van der Waals surface area contributed by atoms with Gasteiger partial charge in [0.2, 0.25) is 0 Å². The molecule has 122 valence electrons. The quantitative estimate of drug-likeness (QED) is 0.709. The molecule has 0 N–H and O–H groups in total. The van der Waals surface area contributed by atoms with Crippen LogP contribution in [0.15, 0.2) is 36.1 Å². The number of carbonyl (C=O) groups is 1. The maximum Gasteiger partial charge on any atom is 0.434 e. The van der Waals surface area contributed by atoms with Crippen molar-refractivity contribution in [3.63, 3.8) is 0 Å². The van der Waals surface area contributed by atoms with Gasteiger partial charge in [0.25, 0.3) is 6.10 Å². The smallest absolute Gasteiger partial charge is 0.434 e. The van der Waals surface area contributed by atoms with Gasteiger partial charge in [0.15, 0.2) is 5.78 Å². The standard InChI is InChI=1S/C14H12F6O2/c15-13(16,17)11(14(18,19)20)22-10-2-1-5-12(8-10)6-3-9(21)4-7-12/h3-4,6-8,11H,1-2,5H2. The lowest BCUT2D eigenvalue weighted by atomic mass is 9.76. The normalized spacial score (nSPS) is 21.4. The van der Waals surface area contributed by atoms with Gasteiger partial charge in [-0.15, -0.1) is 0 Å². The molecule has 1 spiro atoms. The Balaban J connectivity index is 2.25. The molecule has 0 unspecified atom stereocenters. The highest BCUT2D eigenvalue weighted by Crippen LogP contribution is 2.42. The topological polar surface area (TPSA) is 26.3 Å². The zero-order valence-electron chi connectivity index (χ0n) is 11.2. The van der Waals surface area contributed by atoms with Gasteiger partial charge in [-0.05, 0) is 31.1 Å². The van der Waals surface area contributed by atoms with E-state index < -0.39 is 23.9 Å². The Hall–Kier alpha value is -1.73. The summed E-state index contributed by atoms with van der Waals surface area (Å²) in [6.45, 7) is 0. The predicted octanol–water partition coefficient (Wildman–Crippen LogP) is 4.25. The van der Waals surface area contributed by atoms with Crippen molar-refractivity contribution in [3.05, 3.63) is 36.1 Å². The van der Waals surface area contributed by atoms with Crippen LogP contribution in [-0.4, -0.2) is 24.2 Å². The van der Waals surface area contributed by atoms with Gasteiger partial charge in [-0.25, -0.2) is 0 Å². The van der Waals surface area contributed by atoms with E-state index in [0.717, 1.165) is 0 Å². The van der Waals surface area contributed by atoms with Crippen LogP contribution >= 0.6 is 0 Å². The fraction of sp³-hybridized carbons (Fsp3) is 0.500. The minimum absolute atomic E-state index is 0.0139. The minimum Gasteiger partial charge on any atom is -0.476 e. The monoisotopic (exact) mass is 326 g/mol. The number of alkyl halides is 6. The van der Waals surface area contributed by atoms with Crippen molar-refractivity contribution in [2.75, 3.05) is 0 Å². The van der Waals surface area contributed by atoms with E-state index in [2.05, 4.69) is 4.74 Å². The summed E-state index contributed by atoms with van der Waals surface area (Å²) in [6.07, 6.45) is -7.47. The third kappa shape index (κ3) is 3.72. The maximum absolute atomic E-state index is 12.5. The maximum atomic E-state index is 12.5. The summed E-state index contributed by atoms with van der Waals surface area (Å²) in [5.74, 6) is -0.648. The minimum atomic E-state index is -5.54. The molecule has 2 aliphatic carbocycles. The lowest BCUT2D eigenvalue weighted by Crippen LogP contribution is -2.44. The van der Waals surface area contributed by atoms with Crippen molar-refractivity contribution in [3.8, 4) is 0 Å². The van der Waals surface area contributed by atoms with Crippen LogP contribution in [0.4, 0.5) is 26.3 Å². The van der Waals surface area contributed by atoms with Crippen LogP contribution in [0.2, 0.25) is 0 Å². The fourth-order valence-electron chi connectivity index (χ4n) is 2.42. The Kier molecular flexibility index (Phi) is 4.14. The Morgan fingerprint density at radius 2 is 1.59 bits per heavy atom. The van der Waals surface area contributed by atoms with Crippen LogP contribution in [0.1, 0.15) is 19.3 Å². The van der Waals surface area contributed by atoms with Crippen molar-refractivity contribution < 1.29 is 35.9 Å². The van der Waals surface area contributed by atoms with E-state index in [0.29, 0.717) is 12.8 Å². The molecule has 2 nitrogen and oxygen atoms in total. The van der Waals surface area contributed by atoms with Gasteiger partial charge in [-0.1, -0.05) is 12.2 Å². The average Bonchev–Trinajstić information content (AvgIpc) is 2.38. The van der Waals surface area contributed by atoms with Crippen molar-refractivity contribution in [2.45, 2.75) is 37.7 Å². The molecule has 0 radical (unpaired) electrons. The molecule has 0 aromatic rings. The highest BCUT2D eigenvalue weighted by molar-refractivity contribution is 6.00. The molecule has 22 heavy (non-hydrogen) atoms. The largest absolute Gasteiger partial charge is 0.476 e. The summed E-state index contributed by atoms with van der Waals surface area (Å²) in [5.41, 5.74) is -0.858. The third-order valence-corrected chi connectivity index (χ3v) is 3.44. The summed E-state index contributed by atoms with van der Waals surface area (Å²) < 4.78 is 79.3. The lowest BCUT2D eigenvalue weighted by Gasteiger charge is -2.33. The average molecular weight is 326 g/mol. The Labute approximate surface area is 122 Å². The van der Waals surface area contributed by atoms with Crippen LogP contribution in [-0.2, 0) is 9.53 Å². The molecule has 0 atom stereocenters. The van der Waals surface area contributed by atoms with Gasteiger partial charge >= 0.3 is 12.4 Å². The SMILES string of the molecule is O=C1C=CC2(C=C1)C=C(OC(C(F)(F)F)C(F)(F)F)CCC2. The van der Waals surface area contributed by atoms with E-state index in [4.69, 9.17) is 0 Å². The second-order valence-electron chi connectivity index (χ2n) is 5.23. The second kappa shape index (κ2) is 5.48. The summed E-state index contributed by atoms with van der Waals surface area (Å²) in [5, 5.41) is 0. The molecule has 0 saturated carbocycles. The summed E-state index contributed by atoms with van der Waals surface area (Å²) >= 11 is 0. The lowest BCUT2D eigenvalue weighted by molar-refractivity contribution is -0.313. The number of carbonyl (C=O) groups excluding carboxylic acids is 1. The number of rotatable bonds is 2. The third-order valence-electron chi connectivity index (χ3n) is 3.44. The molecule has 0 heterocycles. The Morgan fingerprint density at radius 1 is 1.05 bits per heavy atom. The fourth-order valence-corrected chi connectivity index (χ4v) is 2.42. The molecule has 2 rings (SSSR count). The molecule has 0 bridgehead atoms. The van der Waals surface area contributed by atoms with Gasteiger partial charge in [-0.2, -0.15) is 26.3 Å². The Bertz CT molecular complexity index is 509. The van der Waals surface area contributed by atoms with Crippen molar-refractivity contribution in [1.82, 2.24) is 0 Å². The predicted molar refractivity (Wildman–Crippen MR) is 64.6 cm³/mol. The molecule has 0 amide bonds. The van der Waals surface area contributed by atoms with Crippen molar-refractivity contribution in [2.24, 2.45) is 5.41 Å². The molecule has 8 heteroatoms. The summed E-state index contributed by atoms with van der Waals surface area (Å²) in [6, 6.07) is 0.